The van der Waals surface area contributed by atoms with Crippen LogP contribution in [0.4, 0.5) is 0 Å². The summed E-state index contributed by atoms with van der Waals surface area (Å²) in [4.78, 5) is 0. The van der Waals surface area contributed by atoms with Gasteiger partial charge in [0.25, 0.3) is 0 Å². The molecule has 0 heterocycles. The fourth-order valence-electron chi connectivity index (χ4n) is 3.03. The van der Waals surface area contributed by atoms with E-state index >= 15 is 0 Å². The van der Waals surface area contributed by atoms with Gasteiger partial charge in [0.15, 0.2) is 0 Å². The van der Waals surface area contributed by atoms with Crippen molar-refractivity contribution in [3.8, 4) is 0 Å². The summed E-state index contributed by atoms with van der Waals surface area (Å²) in [5.74, 6) is 0. The number of hydrogen-bond donors (Lipinski definition) is 0. The van der Waals surface area contributed by atoms with Crippen molar-refractivity contribution in [3.05, 3.63) is 144 Å². The van der Waals surface area contributed by atoms with Crippen LogP contribution in [-0.4, -0.2) is 0 Å². The van der Waals surface area contributed by atoms with Gasteiger partial charge in [0.1, 0.15) is 0 Å². The predicted octanol–water partition coefficient (Wildman–Crippen LogP) is 7.30. The second kappa shape index (κ2) is 12.8. The molecule has 0 aliphatic heterocycles. The zero-order valence-corrected chi connectivity index (χ0v) is 20.3. The summed E-state index contributed by atoms with van der Waals surface area (Å²) >= 11 is 0. The quantitative estimate of drug-likeness (QED) is 0.203. The molecule has 3 heteroatoms. The molecule has 2 unspecified atom stereocenters. The molecule has 0 saturated heterocycles. The second-order valence-electron chi connectivity index (χ2n) is 6.60. The summed E-state index contributed by atoms with van der Waals surface area (Å²) in [6, 6.07) is 42.1. The fourth-order valence-corrected chi connectivity index (χ4v) is 3.92. The average Bonchev–Trinajstić information content (AvgIpc) is 2.81. The van der Waals surface area contributed by atoms with Crippen LogP contribution < -0.4 is 0 Å². The van der Waals surface area contributed by atoms with Gasteiger partial charge >= 0.3 is 0 Å². The largest absolute Gasteiger partial charge is 0.125 e. The molecule has 4 aromatic carbocycles. The third kappa shape index (κ3) is 7.28. The first-order valence-corrected chi connectivity index (χ1v) is 10.8. The number of rotatable bonds is 4. The minimum atomic E-state index is 0. The van der Waals surface area contributed by atoms with Crippen LogP contribution in [0.25, 0.3) is 0 Å². The average molecular weight is 502 g/mol. The molecule has 0 amide bonds. The summed E-state index contributed by atoms with van der Waals surface area (Å²) in [6.45, 7) is 0. The SMILES string of the molecule is PC(c1ccccc1)c1ccccc1.PC(c1ccccc1)c1ccccc1.[Ru]. The zero-order valence-electron chi connectivity index (χ0n) is 16.2. The van der Waals surface area contributed by atoms with Crippen molar-refractivity contribution in [1.29, 1.82) is 0 Å². The van der Waals surface area contributed by atoms with Crippen LogP contribution in [0, 0.1) is 0 Å². The summed E-state index contributed by atoms with van der Waals surface area (Å²) in [7, 11) is 5.77. The predicted molar refractivity (Wildman–Crippen MR) is 129 cm³/mol. The van der Waals surface area contributed by atoms with Crippen LogP contribution in [0.15, 0.2) is 121 Å². The van der Waals surface area contributed by atoms with Gasteiger partial charge in [0, 0.05) is 30.8 Å². The van der Waals surface area contributed by atoms with Gasteiger partial charge < -0.3 is 0 Å². The van der Waals surface area contributed by atoms with Gasteiger partial charge in [-0.1, -0.05) is 121 Å². The summed E-state index contributed by atoms with van der Waals surface area (Å²) in [6.07, 6.45) is 0. The number of benzene rings is 4. The van der Waals surface area contributed by atoms with Gasteiger partial charge in [0.05, 0.1) is 0 Å². The van der Waals surface area contributed by atoms with Gasteiger partial charge in [-0.3, -0.25) is 0 Å². The first-order valence-electron chi connectivity index (χ1n) is 9.46. The monoisotopic (exact) mass is 502 g/mol. The minimum absolute atomic E-state index is 0. The van der Waals surface area contributed by atoms with E-state index in [4.69, 9.17) is 0 Å². The van der Waals surface area contributed by atoms with Gasteiger partial charge in [0.2, 0.25) is 0 Å². The van der Waals surface area contributed by atoms with Crippen LogP contribution >= 0.6 is 18.5 Å². The van der Waals surface area contributed by atoms with Gasteiger partial charge in [-0.05, 0) is 22.3 Å². The first-order chi connectivity index (χ1) is 13.8. The van der Waals surface area contributed by atoms with Gasteiger partial charge in [-0.15, -0.1) is 18.5 Å². The van der Waals surface area contributed by atoms with E-state index < -0.39 is 0 Å². The Morgan fingerprint density at radius 3 is 0.690 bits per heavy atom. The smallest absolute Gasteiger partial charge is 0.0234 e. The molecule has 0 bridgehead atoms. The molecule has 0 radical (unpaired) electrons. The van der Waals surface area contributed by atoms with E-state index in [0.717, 1.165) is 0 Å². The molecule has 29 heavy (non-hydrogen) atoms. The number of hydrogen-bond acceptors (Lipinski definition) is 0. The first kappa shape index (κ1) is 23.6. The van der Waals surface area contributed by atoms with Crippen molar-refractivity contribution >= 4 is 18.5 Å². The van der Waals surface area contributed by atoms with Crippen LogP contribution in [0.3, 0.4) is 0 Å². The van der Waals surface area contributed by atoms with Crippen molar-refractivity contribution in [2.24, 2.45) is 0 Å². The maximum atomic E-state index is 2.89. The molecule has 148 valence electrons. The Kier molecular flexibility index (Phi) is 10.5. The second-order valence-corrected chi connectivity index (χ2v) is 7.93. The van der Waals surface area contributed by atoms with E-state index in [1.54, 1.807) is 0 Å². The van der Waals surface area contributed by atoms with E-state index in [2.05, 4.69) is 116 Å². The third-order valence-electron chi connectivity index (χ3n) is 4.63. The van der Waals surface area contributed by atoms with Crippen LogP contribution in [-0.2, 0) is 19.5 Å². The van der Waals surface area contributed by atoms with E-state index in [1.165, 1.54) is 22.3 Å². The summed E-state index contributed by atoms with van der Waals surface area (Å²) in [5.41, 5.74) is 6.15. The molecule has 0 saturated carbocycles. The topological polar surface area (TPSA) is 0 Å². The molecular formula is C26H26P2Ru. The molecule has 0 nitrogen and oxygen atoms in total. The normalized spacial score (nSPS) is 10.1. The van der Waals surface area contributed by atoms with Gasteiger partial charge in [-0.25, -0.2) is 0 Å². The Bertz CT molecular complexity index is 769. The maximum Gasteiger partial charge on any atom is 0.0234 e. The van der Waals surface area contributed by atoms with Crippen LogP contribution in [0.2, 0.25) is 0 Å². The van der Waals surface area contributed by atoms with Crippen molar-refractivity contribution < 1.29 is 19.5 Å². The molecule has 2 atom stereocenters. The summed E-state index contributed by atoms with van der Waals surface area (Å²) in [5, 5.41) is 0. The van der Waals surface area contributed by atoms with Crippen molar-refractivity contribution in [2.75, 3.05) is 0 Å². The zero-order chi connectivity index (χ0) is 19.6. The van der Waals surface area contributed by atoms with Crippen LogP contribution in [0.5, 0.6) is 0 Å². The molecule has 4 aromatic rings. The molecule has 0 aliphatic carbocycles. The van der Waals surface area contributed by atoms with E-state index in [9.17, 15) is 0 Å². The van der Waals surface area contributed by atoms with E-state index in [0.29, 0.717) is 11.3 Å². The molecule has 0 spiro atoms. The fraction of sp³-hybridized carbons (Fsp3) is 0.0769. The molecule has 4 rings (SSSR count). The molecular weight excluding hydrogens is 475 g/mol. The van der Waals surface area contributed by atoms with Crippen molar-refractivity contribution in [2.45, 2.75) is 11.3 Å². The Hall–Kier alpha value is -1.64. The van der Waals surface area contributed by atoms with Crippen LogP contribution in [0.1, 0.15) is 33.6 Å². The van der Waals surface area contributed by atoms with Gasteiger partial charge in [-0.2, -0.15) is 0 Å². The minimum Gasteiger partial charge on any atom is -0.125 e. The Morgan fingerprint density at radius 2 is 0.517 bits per heavy atom. The third-order valence-corrected chi connectivity index (χ3v) is 6.17. The Balaban J connectivity index is 0.000000200. The van der Waals surface area contributed by atoms with E-state index in [1.807, 2.05) is 24.3 Å². The molecule has 0 N–H and O–H groups in total. The van der Waals surface area contributed by atoms with E-state index in [-0.39, 0.29) is 19.5 Å². The van der Waals surface area contributed by atoms with Crippen molar-refractivity contribution in [1.82, 2.24) is 0 Å². The molecule has 0 aliphatic rings. The maximum absolute atomic E-state index is 2.89. The molecule has 0 fully saturated rings. The Morgan fingerprint density at radius 1 is 0.345 bits per heavy atom. The Labute approximate surface area is 192 Å². The summed E-state index contributed by atoms with van der Waals surface area (Å²) < 4.78 is 0. The standard InChI is InChI=1S/2C13H13P.Ru/c2*14-13(11-7-3-1-4-8-11)12-9-5-2-6-10-12;/h2*1-10,13H,14H2;. The van der Waals surface area contributed by atoms with Crippen molar-refractivity contribution in [3.63, 3.8) is 0 Å². The molecule has 0 aromatic heterocycles.